The summed E-state index contributed by atoms with van der Waals surface area (Å²) in [6.07, 6.45) is 0. The van der Waals surface area contributed by atoms with Crippen LogP contribution in [0.5, 0.6) is 0 Å². The summed E-state index contributed by atoms with van der Waals surface area (Å²) in [6.45, 7) is 7.28. The van der Waals surface area contributed by atoms with Gasteiger partial charge in [-0.25, -0.2) is 5.84 Å². The van der Waals surface area contributed by atoms with Crippen molar-refractivity contribution in [1.82, 2.24) is 15.2 Å². The third-order valence-corrected chi connectivity index (χ3v) is 4.22. The van der Waals surface area contributed by atoms with Crippen LogP contribution in [0.3, 0.4) is 0 Å². The van der Waals surface area contributed by atoms with Gasteiger partial charge < -0.3 is 0 Å². The third-order valence-electron chi connectivity index (χ3n) is 4.22. The molecule has 1 aliphatic heterocycles. The summed E-state index contributed by atoms with van der Waals surface area (Å²) in [6, 6.07) is 8.69. The number of piperazine rings is 1. The van der Waals surface area contributed by atoms with Crippen LogP contribution in [0.25, 0.3) is 0 Å². The van der Waals surface area contributed by atoms with Crippen molar-refractivity contribution < 1.29 is 4.79 Å². The van der Waals surface area contributed by atoms with Gasteiger partial charge >= 0.3 is 0 Å². The molecular weight excluding hydrogens is 252 g/mol. The fourth-order valence-electron chi connectivity index (χ4n) is 2.84. The molecule has 1 heterocycles. The van der Waals surface area contributed by atoms with Crippen LogP contribution in [0.15, 0.2) is 24.3 Å². The average Bonchev–Trinajstić information content (AvgIpc) is 2.44. The van der Waals surface area contributed by atoms with Crippen molar-refractivity contribution in [3.63, 3.8) is 0 Å². The van der Waals surface area contributed by atoms with E-state index in [1.807, 2.05) is 24.3 Å². The molecule has 2 unspecified atom stereocenters. The Bertz CT molecular complexity index is 465. The van der Waals surface area contributed by atoms with Gasteiger partial charge in [-0.2, -0.15) is 0 Å². The van der Waals surface area contributed by atoms with Gasteiger partial charge in [-0.15, -0.1) is 0 Å². The fourth-order valence-corrected chi connectivity index (χ4v) is 2.84. The van der Waals surface area contributed by atoms with Crippen LogP contribution in [0.4, 0.5) is 0 Å². The molecule has 20 heavy (non-hydrogen) atoms. The lowest BCUT2D eigenvalue weighted by molar-refractivity contribution is 0.0554. The minimum Gasteiger partial charge on any atom is -0.298 e. The van der Waals surface area contributed by atoms with Gasteiger partial charge in [-0.1, -0.05) is 18.2 Å². The summed E-state index contributed by atoms with van der Waals surface area (Å²) in [5.41, 5.74) is 3.91. The molecule has 1 saturated heterocycles. The van der Waals surface area contributed by atoms with Crippen molar-refractivity contribution in [2.75, 3.05) is 20.1 Å². The lowest BCUT2D eigenvalue weighted by Crippen LogP contribution is -2.54. The Morgan fingerprint density at radius 3 is 2.50 bits per heavy atom. The van der Waals surface area contributed by atoms with Crippen LogP contribution >= 0.6 is 0 Å². The molecule has 1 amide bonds. The van der Waals surface area contributed by atoms with Crippen LogP contribution < -0.4 is 11.3 Å². The normalized spacial score (nSPS) is 24.6. The van der Waals surface area contributed by atoms with E-state index in [1.54, 1.807) is 0 Å². The van der Waals surface area contributed by atoms with E-state index in [-0.39, 0.29) is 5.91 Å². The van der Waals surface area contributed by atoms with Crippen molar-refractivity contribution in [1.29, 1.82) is 0 Å². The molecular formula is C15H24N4O. The molecule has 0 saturated carbocycles. The first-order valence-corrected chi connectivity index (χ1v) is 7.06. The largest absolute Gasteiger partial charge is 0.298 e. The smallest absolute Gasteiger partial charge is 0.265 e. The second kappa shape index (κ2) is 6.35. The number of hydrogen-bond donors (Lipinski definition) is 2. The molecule has 3 N–H and O–H groups in total. The number of nitrogens with zero attached hydrogens (tertiary/aromatic N) is 2. The van der Waals surface area contributed by atoms with E-state index < -0.39 is 0 Å². The summed E-state index contributed by atoms with van der Waals surface area (Å²) in [5.74, 6) is 5.02. The Labute approximate surface area is 120 Å². The average molecular weight is 276 g/mol. The SMILES string of the molecule is CC1CN(Cc2ccccc2C(=O)NN)CC(C)N1C. The van der Waals surface area contributed by atoms with Gasteiger partial charge in [0.1, 0.15) is 0 Å². The number of amides is 1. The van der Waals surface area contributed by atoms with E-state index in [1.165, 1.54) is 0 Å². The van der Waals surface area contributed by atoms with Gasteiger partial charge in [-0.3, -0.25) is 20.0 Å². The predicted octanol–water partition coefficient (Wildman–Crippen LogP) is 0.815. The Hall–Kier alpha value is -1.43. The van der Waals surface area contributed by atoms with E-state index in [0.29, 0.717) is 17.6 Å². The number of nitrogens with one attached hydrogen (secondary N) is 1. The summed E-state index contributed by atoms with van der Waals surface area (Å²) in [5, 5.41) is 0. The van der Waals surface area contributed by atoms with Crippen molar-refractivity contribution in [3.05, 3.63) is 35.4 Å². The highest BCUT2D eigenvalue weighted by molar-refractivity contribution is 5.95. The van der Waals surface area contributed by atoms with Crippen LogP contribution in [0.1, 0.15) is 29.8 Å². The van der Waals surface area contributed by atoms with Crippen molar-refractivity contribution in [2.24, 2.45) is 5.84 Å². The third kappa shape index (κ3) is 3.17. The summed E-state index contributed by atoms with van der Waals surface area (Å²) < 4.78 is 0. The number of carbonyl (C=O) groups is 1. The molecule has 5 heteroatoms. The monoisotopic (exact) mass is 276 g/mol. The number of rotatable bonds is 3. The van der Waals surface area contributed by atoms with Crippen molar-refractivity contribution >= 4 is 5.91 Å². The van der Waals surface area contributed by atoms with Gasteiger partial charge in [-0.05, 0) is 32.5 Å². The highest BCUT2D eigenvalue weighted by Crippen LogP contribution is 2.18. The van der Waals surface area contributed by atoms with Crippen LogP contribution in [0, 0.1) is 0 Å². The molecule has 2 atom stereocenters. The topological polar surface area (TPSA) is 61.6 Å². The summed E-state index contributed by atoms with van der Waals surface area (Å²) in [7, 11) is 2.17. The van der Waals surface area contributed by atoms with Crippen molar-refractivity contribution in [2.45, 2.75) is 32.5 Å². The van der Waals surface area contributed by atoms with E-state index in [9.17, 15) is 4.79 Å². The molecule has 2 rings (SSSR count). The van der Waals surface area contributed by atoms with Gasteiger partial charge in [0.15, 0.2) is 0 Å². The van der Waals surface area contributed by atoms with Gasteiger partial charge in [0.25, 0.3) is 5.91 Å². The molecule has 1 aromatic rings. The Morgan fingerprint density at radius 2 is 1.90 bits per heavy atom. The van der Waals surface area contributed by atoms with Crippen LogP contribution in [-0.4, -0.2) is 47.9 Å². The van der Waals surface area contributed by atoms with Crippen LogP contribution in [0.2, 0.25) is 0 Å². The Kier molecular flexibility index (Phi) is 4.75. The number of nitrogen functional groups attached to an aromatic ring is 1. The lowest BCUT2D eigenvalue weighted by atomic mass is 10.0. The van der Waals surface area contributed by atoms with E-state index in [0.717, 1.165) is 25.2 Å². The molecule has 1 aromatic carbocycles. The second-order valence-corrected chi connectivity index (χ2v) is 5.69. The fraction of sp³-hybridized carbons (Fsp3) is 0.533. The van der Waals surface area contributed by atoms with Gasteiger partial charge in [0.05, 0.1) is 0 Å². The molecule has 0 spiro atoms. The first-order chi connectivity index (χ1) is 9.52. The van der Waals surface area contributed by atoms with E-state index in [4.69, 9.17) is 5.84 Å². The molecule has 110 valence electrons. The number of hydrogen-bond acceptors (Lipinski definition) is 4. The van der Waals surface area contributed by atoms with Crippen LogP contribution in [-0.2, 0) is 6.54 Å². The molecule has 0 aliphatic carbocycles. The number of nitrogens with two attached hydrogens (primary N) is 1. The lowest BCUT2D eigenvalue weighted by Gasteiger charge is -2.42. The molecule has 5 nitrogen and oxygen atoms in total. The second-order valence-electron chi connectivity index (χ2n) is 5.69. The molecule has 1 aliphatic rings. The number of carbonyl (C=O) groups excluding carboxylic acids is 1. The van der Waals surface area contributed by atoms with E-state index >= 15 is 0 Å². The Balaban J connectivity index is 2.12. The Morgan fingerprint density at radius 1 is 1.30 bits per heavy atom. The maximum absolute atomic E-state index is 11.8. The summed E-state index contributed by atoms with van der Waals surface area (Å²) in [4.78, 5) is 16.6. The molecule has 0 aromatic heterocycles. The standard InChI is InChI=1S/C15H24N4O/c1-11-8-19(9-12(2)18(11)3)10-13-6-4-5-7-14(13)15(20)17-16/h4-7,11-12H,8-10,16H2,1-3H3,(H,17,20). The van der Waals surface area contributed by atoms with E-state index in [2.05, 4.69) is 36.1 Å². The maximum Gasteiger partial charge on any atom is 0.265 e. The number of hydrazine groups is 1. The highest BCUT2D eigenvalue weighted by atomic mass is 16.2. The first-order valence-electron chi connectivity index (χ1n) is 7.06. The minimum absolute atomic E-state index is 0.226. The number of benzene rings is 1. The van der Waals surface area contributed by atoms with Gasteiger partial charge in [0, 0.05) is 37.3 Å². The van der Waals surface area contributed by atoms with Crippen molar-refractivity contribution in [3.8, 4) is 0 Å². The first kappa shape index (κ1) is 15.0. The molecule has 0 bridgehead atoms. The quantitative estimate of drug-likeness (QED) is 0.487. The zero-order valence-electron chi connectivity index (χ0n) is 12.5. The summed E-state index contributed by atoms with van der Waals surface area (Å²) >= 11 is 0. The highest BCUT2D eigenvalue weighted by Gasteiger charge is 2.26. The predicted molar refractivity (Wildman–Crippen MR) is 80.1 cm³/mol. The zero-order valence-corrected chi connectivity index (χ0v) is 12.5. The zero-order chi connectivity index (χ0) is 14.7. The molecule has 1 fully saturated rings. The van der Waals surface area contributed by atoms with Gasteiger partial charge in [0.2, 0.25) is 0 Å². The number of likely N-dealkylation sites (N-methyl/N-ethyl adjacent to an activating group) is 1. The maximum atomic E-state index is 11.8. The minimum atomic E-state index is -0.226. The molecule has 0 radical (unpaired) electrons.